The van der Waals surface area contributed by atoms with Crippen molar-refractivity contribution in [2.45, 2.75) is 4.90 Å². The molecule has 2 aromatic carbocycles. The second-order valence-electron chi connectivity index (χ2n) is 5.42. The summed E-state index contributed by atoms with van der Waals surface area (Å²) < 4.78 is 10.7. The first kappa shape index (κ1) is 16.7. The van der Waals surface area contributed by atoms with Crippen molar-refractivity contribution in [3.63, 3.8) is 0 Å². The van der Waals surface area contributed by atoms with Crippen molar-refractivity contribution in [1.29, 1.82) is 0 Å². The van der Waals surface area contributed by atoms with Gasteiger partial charge in [-0.25, -0.2) is 4.98 Å². The van der Waals surface area contributed by atoms with E-state index < -0.39 is 0 Å². The van der Waals surface area contributed by atoms with Gasteiger partial charge in [-0.2, -0.15) is 0 Å². The monoisotopic (exact) mass is 385 g/mol. The number of thiazole rings is 1. The number of benzene rings is 2. The normalized spacial score (nSPS) is 12.0. The maximum Gasteiger partial charge on any atom is 0.275 e. The van der Waals surface area contributed by atoms with Gasteiger partial charge in [0, 0.05) is 27.7 Å². The van der Waals surface area contributed by atoms with E-state index in [0.29, 0.717) is 16.6 Å². The minimum absolute atomic E-state index is 0.234. The highest BCUT2D eigenvalue weighted by molar-refractivity contribution is 7.98. The van der Waals surface area contributed by atoms with Crippen LogP contribution in [0.2, 0.25) is 0 Å². The van der Waals surface area contributed by atoms with E-state index >= 15 is 0 Å². The summed E-state index contributed by atoms with van der Waals surface area (Å²) in [6, 6.07) is 13.3. The molecule has 2 heterocycles. The van der Waals surface area contributed by atoms with E-state index in [0.717, 1.165) is 22.0 Å². The van der Waals surface area contributed by atoms with Crippen LogP contribution in [0, 0.1) is 0 Å². The summed E-state index contributed by atoms with van der Waals surface area (Å²) in [6.07, 6.45) is 2.00. The number of thioether (sulfide) groups is 1. The zero-order valence-electron chi connectivity index (χ0n) is 13.8. The summed E-state index contributed by atoms with van der Waals surface area (Å²) in [7, 11) is 0. The number of nitrogens with zero attached hydrogens (tertiary/aromatic N) is 1. The molecule has 0 saturated carbocycles. The lowest BCUT2D eigenvalue weighted by molar-refractivity contribution is 0.102. The molecule has 0 atom stereocenters. The number of nitrogens with one attached hydrogen (secondary N) is 2. The Morgan fingerprint density at radius 3 is 2.92 bits per heavy atom. The van der Waals surface area contributed by atoms with Gasteiger partial charge in [0.2, 0.25) is 6.79 Å². The predicted octanol–water partition coefficient (Wildman–Crippen LogP) is 4.59. The molecular weight excluding hydrogens is 370 g/mol. The van der Waals surface area contributed by atoms with Crippen LogP contribution in [-0.4, -0.2) is 23.9 Å². The summed E-state index contributed by atoms with van der Waals surface area (Å²) in [5.41, 5.74) is 1.94. The fourth-order valence-electron chi connectivity index (χ4n) is 2.43. The van der Waals surface area contributed by atoms with Crippen molar-refractivity contribution < 1.29 is 14.3 Å². The Labute approximate surface area is 158 Å². The van der Waals surface area contributed by atoms with E-state index in [-0.39, 0.29) is 12.7 Å². The lowest BCUT2D eigenvalue weighted by Crippen LogP contribution is -2.12. The van der Waals surface area contributed by atoms with Gasteiger partial charge < -0.3 is 20.1 Å². The Morgan fingerprint density at radius 2 is 2.04 bits per heavy atom. The maximum atomic E-state index is 12.4. The van der Waals surface area contributed by atoms with Crippen molar-refractivity contribution >= 4 is 45.5 Å². The molecule has 1 aromatic heterocycles. The molecule has 0 bridgehead atoms. The van der Waals surface area contributed by atoms with Gasteiger partial charge in [0.25, 0.3) is 5.91 Å². The maximum absolute atomic E-state index is 12.4. The van der Waals surface area contributed by atoms with Crippen LogP contribution in [0.15, 0.2) is 52.7 Å². The number of carbonyl (C=O) groups excluding carboxylic acids is 1. The van der Waals surface area contributed by atoms with Crippen molar-refractivity contribution in [3.05, 3.63) is 53.5 Å². The topological polar surface area (TPSA) is 72.5 Å². The lowest BCUT2D eigenvalue weighted by Gasteiger charge is -2.05. The highest BCUT2D eigenvalue weighted by atomic mass is 32.2. The van der Waals surface area contributed by atoms with Gasteiger partial charge in [0.1, 0.15) is 5.69 Å². The number of anilines is 3. The Balaban J connectivity index is 1.44. The van der Waals surface area contributed by atoms with E-state index in [1.54, 1.807) is 17.1 Å². The molecule has 6 nitrogen and oxygen atoms in total. The molecule has 0 fully saturated rings. The van der Waals surface area contributed by atoms with E-state index in [1.807, 2.05) is 48.7 Å². The fraction of sp³-hybridized carbons (Fsp3) is 0.111. The van der Waals surface area contributed by atoms with Crippen LogP contribution < -0.4 is 20.1 Å². The van der Waals surface area contributed by atoms with Crippen LogP contribution in [0.25, 0.3) is 0 Å². The average molecular weight is 385 g/mol. The number of amides is 1. The van der Waals surface area contributed by atoms with Crippen LogP contribution in [0.1, 0.15) is 10.5 Å². The molecule has 132 valence electrons. The van der Waals surface area contributed by atoms with Gasteiger partial charge >= 0.3 is 0 Å². The SMILES string of the molecule is CSc1cccc(NC(=O)c2csc(Nc3ccc4c(c3)OCO4)n2)c1. The average Bonchev–Trinajstić information content (AvgIpc) is 3.31. The number of ether oxygens (including phenoxy) is 2. The van der Waals surface area contributed by atoms with Crippen molar-refractivity contribution in [2.75, 3.05) is 23.7 Å². The standard InChI is InChI=1S/C18H15N3O3S2/c1-25-13-4-2-3-11(7-13)19-17(22)14-9-26-18(21-14)20-12-5-6-15-16(8-12)24-10-23-15/h2-9H,10H2,1H3,(H,19,22)(H,20,21). The van der Waals surface area contributed by atoms with Crippen LogP contribution >= 0.6 is 23.1 Å². The smallest absolute Gasteiger partial charge is 0.275 e. The van der Waals surface area contributed by atoms with Crippen LogP contribution in [-0.2, 0) is 0 Å². The fourth-order valence-corrected chi connectivity index (χ4v) is 3.60. The highest BCUT2D eigenvalue weighted by Crippen LogP contribution is 2.35. The largest absolute Gasteiger partial charge is 0.454 e. The first-order valence-electron chi connectivity index (χ1n) is 7.79. The molecule has 0 aliphatic carbocycles. The van der Waals surface area contributed by atoms with E-state index in [4.69, 9.17) is 9.47 Å². The molecule has 8 heteroatoms. The number of fused-ring (bicyclic) bond motifs is 1. The second-order valence-corrected chi connectivity index (χ2v) is 7.15. The van der Waals surface area contributed by atoms with Crippen molar-refractivity contribution in [1.82, 2.24) is 4.98 Å². The Bertz CT molecular complexity index is 958. The molecule has 0 radical (unpaired) electrons. The minimum Gasteiger partial charge on any atom is -0.454 e. The quantitative estimate of drug-likeness (QED) is 0.626. The van der Waals surface area contributed by atoms with Gasteiger partial charge in [0.05, 0.1) is 0 Å². The summed E-state index contributed by atoms with van der Waals surface area (Å²) in [5.74, 6) is 1.18. The van der Waals surface area contributed by atoms with E-state index in [2.05, 4.69) is 15.6 Å². The first-order chi connectivity index (χ1) is 12.7. The van der Waals surface area contributed by atoms with E-state index in [9.17, 15) is 4.79 Å². The van der Waals surface area contributed by atoms with Crippen LogP contribution in [0.5, 0.6) is 11.5 Å². The zero-order valence-corrected chi connectivity index (χ0v) is 15.4. The summed E-state index contributed by atoms with van der Waals surface area (Å²) in [4.78, 5) is 17.8. The van der Waals surface area contributed by atoms with Gasteiger partial charge in [0.15, 0.2) is 16.6 Å². The van der Waals surface area contributed by atoms with Crippen LogP contribution in [0.3, 0.4) is 0 Å². The Hall–Kier alpha value is -2.71. The van der Waals surface area contributed by atoms with Crippen molar-refractivity contribution in [2.24, 2.45) is 0 Å². The molecule has 2 N–H and O–H groups in total. The molecule has 0 unspecified atom stereocenters. The summed E-state index contributed by atoms with van der Waals surface area (Å²) in [6.45, 7) is 0.234. The molecule has 3 aromatic rings. The predicted molar refractivity (Wildman–Crippen MR) is 104 cm³/mol. The van der Waals surface area contributed by atoms with Gasteiger partial charge in [-0.05, 0) is 36.6 Å². The van der Waals surface area contributed by atoms with Crippen LogP contribution in [0.4, 0.5) is 16.5 Å². The number of hydrogen-bond donors (Lipinski definition) is 2. The molecule has 0 spiro atoms. The minimum atomic E-state index is -0.238. The molecule has 4 rings (SSSR count). The first-order valence-corrected chi connectivity index (χ1v) is 9.89. The molecule has 0 saturated heterocycles. The van der Waals surface area contributed by atoms with E-state index in [1.165, 1.54) is 11.3 Å². The number of carbonyl (C=O) groups is 1. The molecule has 1 aliphatic rings. The van der Waals surface area contributed by atoms with Crippen molar-refractivity contribution in [3.8, 4) is 11.5 Å². The molecule has 1 amide bonds. The van der Waals surface area contributed by atoms with Gasteiger partial charge in [-0.15, -0.1) is 23.1 Å². The van der Waals surface area contributed by atoms with Gasteiger partial charge in [-0.3, -0.25) is 4.79 Å². The number of hydrogen-bond acceptors (Lipinski definition) is 7. The summed E-state index contributed by atoms with van der Waals surface area (Å²) in [5, 5.41) is 8.41. The van der Waals surface area contributed by atoms with Gasteiger partial charge in [-0.1, -0.05) is 6.07 Å². The zero-order chi connectivity index (χ0) is 17.9. The third-order valence-electron chi connectivity index (χ3n) is 3.69. The third-order valence-corrected chi connectivity index (χ3v) is 5.17. The lowest BCUT2D eigenvalue weighted by atomic mass is 10.3. The third kappa shape index (κ3) is 3.61. The highest BCUT2D eigenvalue weighted by Gasteiger charge is 2.15. The Kier molecular flexibility index (Phi) is 4.68. The number of aromatic nitrogens is 1. The number of rotatable bonds is 5. The molecule has 26 heavy (non-hydrogen) atoms. The Morgan fingerprint density at radius 1 is 1.15 bits per heavy atom. The summed E-state index contributed by atoms with van der Waals surface area (Å²) >= 11 is 2.99. The molecule has 1 aliphatic heterocycles. The second kappa shape index (κ2) is 7.27. The molecular formula is C18H15N3O3S2.